The molecule has 6 heteroatoms. The zero-order valence-corrected chi connectivity index (χ0v) is 19.1. The van der Waals surface area contributed by atoms with E-state index in [4.69, 9.17) is 9.47 Å². The Labute approximate surface area is 194 Å². The van der Waals surface area contributed by atoms with Crippen LogP contribution in [0.3, 0.4) is 0 Å². The van der Waals surface area contributed by atoms with Gasteiger partial charge in [-0.2, -0.15) is 0 Å². The van der Waals surface area contributed by atoms with Gasteiger partial charge in [0.1, 0.15) is 6.33 Å². The number of aryl methyl sites for hydroxylation is 1. The highest BCUT2D eigenvalue weighted by molar-refractivity contribution is 5.90. The molecule has 1 N–H and O–H groups in total. The van der Waals surface area contributed by atoms with Gasteiger partial charge in [-0.25, -0.2) is 4.98 Å². The summed E-state index contributed by atoms with van der Waals surface area (Å²) in [6, 6.07) is 21.8. The van der Waals surface area contributed by atoms with E-state index in [1.165, 1.54) is 0 Å². The van der Waals surface area contributed by atoms with Crippen LogP contribution in [0, 0.1) is 0 Å². The van der Waals surface area contributed by atoms with Crippen molar-refractivity contribution in [2.24, 2.45) is 0 Å². The molecular weight excluding hydrogens is 414 g/mol. The molecule has 0 saturated carbocycles. The van der Waals surface area contributed by atoms with Crippen LogP contribution in [0.25, 0.3) is 16.7 Å². The fourth-order valence-corrected chi connectivity index (χ4v) is 3.80. The number of imidazole rings is 1. The summed E-state index contributed by atoms with van der Waals surface area (Å²) < 4.78 is 13.3. The maximum Gasteiger partial charge on any atom is 0.224 e. The number of nitrogens with zero attached hydrogens (tertiary/aromatic N) is 2. The van der Waals surface area contributed by atoms with Crippen LogP contribution in [-0.4, -0.2) is 28.7 Å². The molecule has 0 fully saturated rings. The van der Waals surface area contributed by atoms with Gasteiger partial charge in [-0.3, -0.25) is 9.36 Å². The molecule has 1 amide bonds. The highest BCUT2D eigenvalue weighted by atomic mass is 16.5. The number of hydrogen-bond donors (Lipinski definition) is 1. The maximum atomic E-state index is 12.4. The molecule has 1 heterocycles. The van der Waals surface area contributed by atoms with Gasteiger partial charge in [-0.05, 0) is 80.8 Å². The van der Waals surface area contributed by atoms with Crippen molar-refractivity contribution in [3.63, 3.8) is 0 Å². The molecule has 33 heavy (non-hydrogen) atoms. The Balaban J connectivity index is 1.31. The molecular formula is C27H29N3O3. The van der Waals surface area contributed by atoms with Crippen molar-refractivity contribution in [3.8, 4) is 17.2 Å². The first-order valence-corrected chi connectivity index (χ1v) is 11.4. The number of amides is 1. The van der Waals surface area contributed by atoms with Crippen molar-refractivity contribution >= 4 is 22.6 Å². The van der Waals surface area contributed by atoms with Crippen LogP contribution in [0.5, 0.6) is 11.5 Å². The van der Waals surface area contributed by atoms with Crippen molar-refractivity contribution in [2.75, 3.05) is 18.5 Å². The van der Waals surface area contributed by atoms with Crippen molar-refractivity contribution in [1.82, 2.24) is 9.55 Å². The Bertz CT molecular complexity index is 1220. The topological polar surface area (TPSA) is 65.4 Å². The lowest BCUT2D eigenvalue weighted by atomic mass is 10.1. The highest BCUT2D eigenvalue weighted by Crippen LogP contribution is 2.29. The van der Waals surface area contributed by atoms with Gasteiger partial charge in [-0.1, -0.05) is 18.2 Å². The van der Waals surface area contributed by atoms with E-state index in [-0.39, 0.29) is 5.91 Å². The zero-order chi connectivity index (χ0) is 23.0. The third-order valence-electron chi connectivity index (χ3n) is 5.36. The van der Waals surface area contributed by atoms with Gasteiger partial charge in [0, 0.05) is 17.8 Å². The van der Waals surface area contributed by atoms with Crippen LogP contribution in [0.4, 0.5) is 5.69 Å². The monoisotopic (exact) mass is 443 g/mol. The summed E-state index contributed by atoms with van der Waals surface area (Å²) in [6.07, 6.45) is 3.82. The third kappa shape index (κ3) is 5.52. The van der Waals surface area contributed by atoms with E-state index in [2.05, 4.69) is 10.3 Å². The van der Waals surface area contributed by atoms with E-state index in [1.807, 2.05) is 91.5 Å². The summed E-state index contributed by atoms with van der Waals surface area (Å²) in [7, 11) is 0. The molecule has 0 aliphatic heterocycles. The van der Waals surface area contributed by atoms with Gasteiger partial charge < -0.3 is 14.8 Å². The zero-order valence-electron chi connectivity index (χ0n) is 19.1. The lowest BCUT2D eigenvalue weighted by molar-refractivity contribution is -0.116. The first-order chi connectivity index (χ1) is 16.2. The normalized spacial score (nSPS) is 10.8. The fourth-order valence-electron chi connectivity index (χ4n) is 3.80. The number of hydrogen-bond acceptors (Lipinski definition) is 4. The fraction of sp³-hybridized carbons (Fsp3) is 0.259. The minimum absolute atomic E-state index is 0.00630. The van der Waals surface area contributed by atoms with E-state index in [0.717, 1.165) is 52.3 Å². The largest absolute Gasteiger partial charge is 0.490 e. The predicted octanol–water partition coefficient (Wildman–Crippen LogP) is 5.78. The second-order valence-electron chi connectivity index (χ2n) is 7.70. The molecule has 6 nitrogen and oxygen atoms in total. The number of ether oxygens (including phenoxy) is 2. The Morgan fingerprint density at radius 2 is 1.70 bits per heavy atom. The van der Waals surface area contributed by atoms with Crippen LogP contribution in [0.15, 0.2) is 73.1 Å². The highest BCUT2D eigenvalue weighted by Gasteiger charge is 2.08. The molecule has 4 aromatic rings. The second kappa shape index (κ2) is 10.7. The maximum absolute atomic E-state index is 12.4. The molecule has 0 radical (unpaired) electrons. The number of rotatable bonds is 10. The van der Waals surface area contributed by atoms with E-state index >= 15 is 0 Å². The van der Waals surface area contributed by atoms with Crippen LogP contribution in [-0.2, 0) is 11.2 Å². The molecule has 0 saturated heterocycles. The van der Waals surface area contributed by atoms with Gasteiger partial charge >= 0.3 is 0 Å². The molecule has 0 atom stereocenters. The number of aromatic nitrogens is 2. The lowest BCUT2D eigenvalue weighted by Crippen LogP contribution is -2.11. The summed E-state index contributed by atoms with van der Waals surface area (Å²) in [6.45, 7) is 5.09. The van der Waals surface area contributed by atoms with E-state index in [0.29, 0.717) is 19.6 Å². The molecule has 0 unspecified atom stereocenters. The Morgan fingerprint density at radius 3 is 2.48 bits per heavy atom. The molecule has 0 bridgehead atoms. The first-order valence-electron chi connectivity index (χ1n) is 11.4. The summed E-state index contributed by atoms with van der Waals surface area (Å²) in [5, 5.41) is 2.99. The summed E-state index contributed by atoms with van der Waals surface area (Å²) >= 11 is 0. The molecule has 0 aliphatic rings. The quantitative estimate of drug-likeness (QED) is 0.337. The van der Waals surface area contributed by atoms with E-state index < -0.39 is 0 Å². The summed E-state index contributed by atoms with van der Waals surface area (Å²) in [5.74, 6) is 1.52. The average molecular weight is 444 g/mol. The van der Waals surface area contributed by atoms with Crippen molar-refractivity contribution in [2.45, 2.75) is 33.1 Å². The molecule has 4 rings (SSSR count). The number of anilines is 1. The average Bonchev–Trinajstić information content (AvgIpc) is 3.26. The summed E-state index contributed by atoms with van der Waals surface area (Å²) in [4.78, 5) is 16.9. The number of benzene rings is 3. The van der Waals surface area contributed by atoms with Crippen LogP contribution < -0.4 is 14.8 Å². The van der Waals surface area contributed by atoms with Gasteiger partial charge in [0.25, 0.3) is 0 Å². The Morgan fingerprint density at radius 1 is 0.939 bits per heavy atom. The van der Waals surface area contributed by atoms with Crippen LogP contribution in [0.1, 0.15) is 32.3 Å². The second-order valence-corrected chi connectivity index (χ2v) is 7.70. The van der Waals surface area contributed by atoms with Gasteiger partial charge in [-0.15, -0.1) is 0 Å². The standard InChI is InChI=1S/C27H29N3O3/c1-3-32-25-17-12-20(18-26(25)33-4-2)8-7-11-27(31)29-21-13-15-22(16-14-21)30-19-28-23-9-5-6-10-24(23)30/h5-6,9-10,12-19H,3-4,7-8,11H2,1-2H3,(H,29,31). The number of nitrogens with one attached hydrogen (secondary N) is 1. The molecule has 170 valence electrons. The number of fused-ring (bicyclic) bond motifs is 1. The minimum atomic E-state index is 0.00630. The van der Waals surface area contributed by atoms with E-state index in [9.17, 15) is 4.79 Å². The minimum Gasteiger partial charge on any atom is -0.490 e. The van der Waals surface area contributed by atoms with E-state index in [1.54, 1.807) is 0 Å². The Kier molecular flexibility index (Phi) is 7.25. The molecule has 0 spiro atoms. The third-order valence-corrected chi connectivity index (χ3v) is 5.36. The van der Waals surface area contributed by atoms with Gasteiger partial charge in [0.2, 0.25) is 5.91 Å². The Hall–Kier alpha value is -3.80. The van der Waals surface area contributed by atoms with Gasteiger partial charge in [0.05, 0.1) is 24.2 Å². The number of carbonyl (C=O) groups is 1. The smallest absolute Gasteiger partial charge is 0.224 e. The number of para-hydroxylation sites is 2. The van der Waals surface area contributed by atoms with Crippen LogP contribution in [0.2, 0.25) is 0 Å². The molecule has 3 aromatic carbocycles. The molecule has 0 aliphatic carbocycles. The summed E-state index contributed by atoms with van der Waals surface area (Å²) in [5.41, 5.74) is 4.92. The lowest BCUT2D eigenvalue weighted by Gasteiger charge is -2.12. The SMILES string of the molecule is CCOc1ccc(CCCC(=O)Nc2ccc(-n3cnc4ccccc43)cc2)cc1OCC. The van der Waals surface area contributed by atoms with Crippen molar-refractivity contribution in [3.05, 3.63) is 78.6 Å². The van der Waals surface area contributed by atoms with Gasteiger partial charge in [0.15, 0.2) is 11.5 Å². The van der Waals surface area contributed by atoms with Crippen molar-refractivity contribution < 1.29 is 14.3 Å². The number of carbonyl (C=O) groups excluding carboxylic acids is 1. The van der Waals surface area contributed by atoms with Crippen LogP contribution >= 0.6 is 0 Å². The predicted molar refractivity (Wildman–Crippen MR) is 131 cm³/mol. The molecule has 1 aromatic heterocycles. The first kappa shape index (κ1) is 22.4. The van der Waals surface area contributed by atoms with Crippen molar-refractivity contribution in [1.29, 1.82) is 0 Å².